The molecule has 0 spiro atoms. The highest BCUT2D eigenvalue weighted by molar-refractivity contribution is 6.45. The SMILES string of the molecule is N=C(N=C(N=Cn1c2ccccc2c2c3ccccc3c3c(c4ccccc4c4c3c3ccccc3n4-c3ccccc3)c21)c1ccccc1)c1ccccc1. The zero-order valence-corrected chi connectivity index (χ0v) is 30.3. The minimum atomic E-state index is 0.156. The molecule has 1 N–H and O–H groups in total. The van der Waals surface area contributed by atoms with Crippen molar-refractivity contribution in [3.8, 4) is 5.69 Å². The summed E-state index contributed by atoms with van der Waals surface area (Å²) in [6.45, 7) is 0. The van der Waals surface area contributed by atoms with Gasteiger partial charge in [-0.3, -0.25) is 9.98 Å². The Balaban J connectivity index is 1.33. The molecule has 9 aromatic carbocycles. The van der Waals surface area contributed by atoms with Crippen molar-refractivity contribution in [1.29, 1.82) is 5.41 Å². The number of amidine groups is 2. The molecule has 0 saturated heterocycles. The van der Waals surface area contributed by atoms with E-state index < -0.39 is 0 Å². The van der Waals surface area contributed by atoms with Crippen LogP contribution in [0.4, 0.5) is 0 Å². The number of hydrogen-bond donors (Lipinski definition) is 1. The Labute approximate surface area is 322 Å². The summed E-state index contributed by atoms with van der Waals surface area (Å²) in [5.41, 5.74) is 7.19. The van der Waals surface area contributed by atoms with E-state index in [-0.39, 0.29) is 5.84 Å². The summed E-state index contributed by atoms with van der Waals surface area (Å²) in [7, 11) is 0. The van der Waals surface area contributed by atoms with E-state index in [4.69, 9.17) is 15.4 Å². The summed E-state index contributed by atoms with van der Waals surface area (Å²) in [5.74, 6) is 0.622. The van der Waals surface area contributed by atoms with Gasteiger partial charge in [-0.05, 0) is 40.4 Å². The largest absolute Gasteiger partial charge is 0.309 e. The fourth-order valence-corrected chi connectivity index (χ4v) is 8.73. The normalized spacial score (nSPS) is 12.4. The third kappa shape index (κ3) is 4.78. The molecule has 0 aliphatic carbocycles. The molecule has 11 rings (SSSR count). The van der Waals surface area contributed by atoms with Gasteiger partial charge in [-0.25, -0.2) is 9.98 Å². The zero-order chi connectivity index (χ0) is 37.2. The van der Waals surface area contributed by atoms with Crippen molar-refractivity contribution in [1.82, 2.24) is 9.13 Å². The molecule has 262 valence electrons. The van der Waals surface area contributed by atoms with E-state index in [0.29, 0.717) is 5.84 Å². The molecule has 0 unspecified atom stereocenters. The number of fused-ring (bicyclic) bond motifs is 15. The average molecular weight is 716 g/mol. The predicted octanol–water partition coefficient (Wildman–Crippen LogP) is 12.7. The zero-order valence-electron chi connectivity index (χ0n) is 30.3. The Kier molecular flexibility index (Phi) is 7.25. The number of rotatable bonds is 4. The first kappa shape index (κ1) is 31.9. The molecule has 0 atom stereocenters. The smallest absolute Gasteiger partial charge is 0.163 e. The van der Waals surface area contributed by atoms with Crippen molar-refractivity contribution in [2.45, 2.75) is 0 Å². The van der Waals surface area contributed by atoms with E-state index in [1.165, 1.54) is 59.5 Å². The number of hydrogen-bond acceptors (Lipinski definition) is 1. The summed E-state index contributed by atoms with van der Waals surface area (Å²) in [6.07, 6.45) is 1.91. The molecule has 0 aliphatic rings. The number of aromatic nitrogens is 2. The van der Waals surface area contributed by atoms with Crippen LogP contribution in [0.3, 0.4) is 0 Å². The molecular formula is C51H33N5. The molecule has 0 saturated carbocycles. The maximum atomic E-state index is 8.95. The lowest BCUT2D eigenvalue weighted by molar-refractivity contribution is 1.19. The lowest BCUT2D eigenvalue weighted by Crippen LogP contribution is -2.06. The number of aliphatic imine (C=N–C) groups is 2. The summed E-state index contributed by atoms with van der Waals surface area (Å²) < 4.78 is 4.69. The molecule has 11 aromatic rings. The van der Waals surface area contributed by atoms with Gasteiger partial charge in [-0.1, -0.05) is 164 Å². The second kappa shape index (κ2) is 12.8. The molecule has 0 radical (unpaired) electrons. The van der Waals surface area contributed by atoms with Crippen LogP contribution in [-0.4, -0.2) is 27.1 Å². The highest BCUT2D eigenvalue weighted by atomic mass is 15.1. The molecule has 0 amide bonds. The summed E-state index contributed by atoms with van der Waals surface area (Å²) in [5, 5.41) is 20.9. The van der Waals surface area contributed by atoms with E-state index in [0.717, 1.165) is 33.2 Å². The Morgan fingerprint density at radius 2 is 0.875 bits per heavy atom. The van der Waals surface area contributed by atoms with Crippen molar-refractivity contribution < 1.29 is 0 Å². The van der Waals surface area contributed by atoms with Gasteiger partial charge in [-0.2, -0.15) is 0 Å². The average Bonchev–Trinajstić information content (AvgIpc) is 3.79. The van der Waals surface area contributed by atoms with Gasteiger partial charge in [-0.15, -0.1) is 0 Å². The van der Waals surface area contributed by atoms with Crippen LogP contribution in [0.1, 0.15) is 11.1 Å². The number of nitrogens with one attached hydrogen (secondary N) is 1. The second-order valence-electron chi connectivity index (χ2n) is 14.1. The summed E-state index contributed by atoms with van der Waals surface area (Å²) in [6, 6.07) is 65.4. The summed E-state index contributed by atoms with van der Waals surface area (Å²) >= 11 is 0. The van der Waals surface area contributed by atoms with Gasteiger partial charge in [0, 0.05) is 54.5 Å². The fourth-order valence-electron chi connectivity index (χ4n) is 8.73. The third-order valence-electron chi connectivity index (χ3n) is 11.0. The van der Waals surface area contributed by atoms with Gasteiger partial charge < -0.3 is 4.57 Å². The van der Waals surface area contributed by atoms with Crippen molar-refractivity contribution in [2.75, 3.05) is 0 Å². The fraction of sp³-hybridized carbons (Fsp3) is 0. The first-order valence-corrected chi connectivity index (χ1v) is 18.8. The highest BCUT2D eigenvalue weighted by Crippen LogP contribution is 2.49. The predicted molar refractivity (Wildman–Crippen MR) is 236 cm³/mol. The molecule has 2 aromatic heterocycles. The quantitative estimate of drug-likeness (QED) is 0.107. The minimum Gasteiger partial charge on any atom is -0.309 e. The molecule has 0 bridgehead atoms. The van der Waals surface area contributed by atoms with Crippen LogP contribution >= 0.6 is 0 Å². The number of para-hydroxylation sites is 3. The van der Waals surface area contributed by atoms with Crippen LogP contribution in [0, 0.1) is 5.41 Å². The van der Waals surface area contributed by atoms with E-state index in [1.807, 2.05) is 67.0 Å². The van der Waals surface area contributed by atoms with Crippen LogP contribution in [0.2, 0.25) is 0 Å². The van der Waals surface area contributed by atoms with Crippen LogP contribution in [0.25, 0.3) is 81.6 Å². The monoisotopic (exact) mass is 715 g/mol. The van der Waals surface area contributed by atoms with Crippen LogP contribution < -0.4 is 0 Å². The lowest BCUT2D eigenvalue weighted by Gasteiger charge is -2.16. The molecule has 5 nitrogen and oxygen atoms in total. The Morgan fingerprint density at radius 1 is 0.411 bits per heavy atom. The first-order chi connectivity index (χ1) is 27.8. The Hall–Kier alpha value is -7.63. The molecule has 2 heterocycles. The first-order valence-electron chi connectivity index (χ1n) is 18.8. The van der Waals surface area contributed by atoms with Crippen molar-refractivity contribution in [3.63, 3.8) is 0 Å². The van der Waals surface area contributed by atoms with Gasteiger partial charge in [0.25, 0.3) is 0 Å². The molecular weight excluding hydrogens is 683 g/mol. The van der Waals surface area contributed by atoms with E-state index in [1.54, 1.807) is 0 Å². The van der Waals surface area contributed by atoms with E-state index >= 15 is 0 Å². The Bertz CT molecular complexity index is 3410. The maximum absolute atomic E-state index is 8.95. The summed E-state index contributed by atoms with van der Waals surface area (Å²) in [4.78, 5) is 10.00. The van der Waals surface area contributed by atoms with Gasteiger partial charge in [0.1, 0.15) is 6.34 Å². The van der Waals surface area contributed by atoms with Crippen molar-refractivity contribution >= 4 is 93.9 Å². The second-order valence-corrected chi connectivity index (χ2v) is 14.1. The molecule has 56 heavy (non-hydrogen) atoms. The van der Waals surface area contributed by atoms with E-state index in [2.05, 4.69) is 137 Å². The van der Waals surface area contributed by atoms with E-state index in [9.17, 15) is 0 Å². The molecule has 0 aliphatic heterocycles. The van der Waals surface area contributed by atoms with Crippen LogP contribution in [0.5, 0.6) is 0 Å². The number of nitrogens with zero attached hydrogens (tertiary/aromatic N) is 4. The third-order valence-corrected chi connectivity index (χ3v) is 11.0. The number of benzene rings is 9. The Morgan fingerprint density at radius 3 is 1.54 bits per heavy atom. The van der Waals surface area contributed by atoms with Gasteiger partial charge in [0.05, 0.1) is 22.1 Å². The maximum Gasteiger partial charge on any atom is 0.163 e. The van der Waals surface area contributed by atoms with Crippen LogP contribution in [-0.2, 0) is 0 Å². The standard InChI is InChI=1S/C51H33N5/c52-50(33-18-4-1-5-19-33)54-51(34-20-6-2-7-21-34)53-32-55-42-30-16-14-28-40(42)44-36-24-10-11-25-37(36)45-46(49(44)55)38-26-12-13-27-39(38)48-47(45)41-29-15-17-31-43(41)56(48)35-22-8-3-9-23-35/h1-32,52H. The van der Waals surface area contributed by atoms with Gasteiger partial charge in [0.2, 0.25) is 0 Å². The van der Waals surface area contributed by atoms with Gasteiger partial charge >= 0.3 is 0 Å². The molecule has 0 fully saturated rings. The van der Waals surface area contributed by atoms with Crippen LogP contribution in [0.15, 0.2) is 198 Å². The highest BCUT2D eigenvalue weighted by Gasteiger charge is 2.25. The lowest BCUT2D eigenvalue weighted by atomic mass is 9.90. The van der Waals surface area contributed by atoms with Crippen molar-refractivity contribution in [3.05, 3.63) is 199 Å². The molecule has 5 heteroatoms. The topological polar surface area (TPSA) is 58.4 Å². The van der Waals surface area contributed by atoms with Crippen molar-refractivity contribution in [2.24, 2.45) is 9.98 Å². The van der Waals surface area contributed by atoms with Gasteiger partial charge in [0.15, 0.2) is 11.7 Å². The minimum absolute atomic E-state index is 0.156.